The van der Waals surface area contributed by atoms with E-state index < -0.39 is 5.83 Å². The van der Waals surface area contributed by atoms with Crippen molar-refractivity contribution in [1.82, 2.24) is 0 Å². The van der Waals surface area contributed by atoms with Crippen molar-refractivity contribution in [2.24, 2.45) is 0 Å². The van der Waals surface area contributed by atoms with Gasteiger partial charge in [0.25, 0.3) is 0 Å². The molecule has 0 atom stereocenters. The molecule has 0 N–H and O–H groups in total. The molecule has 0 bridgehead atoms. The fourth-order valence-electron chi connectivity index (χ4n) is 1.04. The van der Waals surface area contributed by atoms with E-state index >= 15 is 0 Å². The van der Waals surface area contributed by atoms with Crippen LogP contribution in [0.4, 0.5) is 4.39 Å². The fraction of sp³-hybridized carbons (Fsp3) is 0.267. The minimum absolute atomic E-state index is 0.496. The second-order valence-corrected chi connectivity index (χ2v) is 3.81. The summed E-state index contributed by atoms with van der Waals surface area (Å²) >= 11 is 0. The maximum atomic E-state index is 12.4. The van der Waals surface area contributed by atoms with Crippen LogP contribution in [0.2, 0.25) is 0 Å². The van der Waals surface area contributed by atoms with Gasteiger partial charge < -0.3 is 0 Å². The van der Waals surface area contributed by atoms with Crippen LogP contribution < -0.4 is 0 Å². The summed E-state index contributed by atoms with van der Waals surface area (Å²) in [6.45, 7) is 17.7. The lowest BCUT2D eigenvalue weighted by Gasteiger charge is -1.98. The summed E-state index contributed by atoms with van der Waals surface area (Å²) < 4.78 is 14.2. The van der Waals surface area contributed by atoms with Gasteiger partial charge >= 0.3 is 0 Å². The first kappa shape index (κ1) is 15.3. The summed E-state index contributed by atoms with van der Waals surface area (Å²) in [5.74, 6) is -0.496. The van der Waals surface area contributed by atoms with Gasteiger partial charge in [-0.25, -0.2) is 8.97 Å². The Morgan fingerprint density at radius 1 is 1.12 bits per heavy atom. The molecule has 0 aromatic carbocycles. The Morgan fingerprint density at radius 2 is 1.71 bits per heavy atom. The summed E-state index contributed by atoms with van der Waals surface area (Å²) in [4.78, 5) is 0. The van der Waals surface area contributed by atoms with Gasteiger partial charge in [-0.15, -0.1) is 0 Å². The average Bonchev–Trinajstić information content (AvgIpc) is 2.29. The molecule has 0 unspecified atom stereocenters. The van der Waals surface area contributed by atoms with Crippen LogP contribution in [0, 0.1) is 0 Å². The fourth-order valence-corrected chi connectivity index (χ4v) is 1.04. The number of hydrogen-bond acceptors (Lipinski definition) is 0. The van der Waals surface area contributed by atoms with Gasteiger partial charge in [-0.05, 0) is 17.2 Å². The Morgan fingerprint density at radius 3 is 2.24 bits per heavy atom. The molecule has 0 saturated carbocycles. The number of hydrogen-bond donors (Lipinski definition) is 0. The van der Waals surface area contributed by atoms with Gasteiger partial charge in [0.05, 0.1) is 0 Å². The largest absolute Gasteiger partial charge is 0.212 e. The van der Waals surface area contributed by atoms with Crippen LogP contribution >= 0.6 is 0 Å². The zero-order valence-electron chi connectivity index (χ0n) is 10.6. The van der Waals surface area contributed by atoms with Crippen LogP contribution in [-0.2, 0) is 0 Å². The third-order valence-corrected chi connectivity index (χ3v) is 2.16. The maximum Gasteiger partial charge on any atom is 0.168 e. The van der Waals surface area contributed by atoms with Gasteiger partial charge in [0.15, 0.2) is 6.20 Å². The minimum Gasteiger partial charge on any atom is -0.212 e. The molecule has 0 radical (unpaired) electrons. The number of unbranched alkanes of at least 4 members (excludes halogenated alkanes) is 1. The summed E-state index contributed by atoms with van der Waals surface area (Å²) in [5, 5.41) is 0. The van der Waals surface area contributed by atoms with E-state index in [2.05, 4.69) is 33.4 Å². The Hall–Kier alpha value is -1.70. The van der Waals surface area contributed by atoms with E-state index in [-0.39, 0.29) is 0 Å². The smallest absolute Gasteiger partial charge is 0.168 e. The molecule has 0 aromatic rings. The molecule has 2 heteroatoms. The highest BCUT2D eigenvalue weighted by Gasteiger charge is 1.96. The lowest BCUT2D eigenvalue weighted by molar-refractivity contribution is -0.448. The number of nitrogens with zero attached hydrogens (tertiary/aromatic N) is 1. The highest BCUT2D eigenvalue weighted by molar-refractivity contribution is 5.43. The van der Waals surface area contributed by atoms with Crippen molar-refractivity contribution in [3.8, 4) is 0 Å². The van der Waals surface area contributed by atoms with E-state index in [1.54, 1.807) is 6.08 Å². The summed E-state index contributed by atoms with van der Waals surface area (Å²) in [7, 11) is 0. The highest BCUT2D eigenvalue weighted by atomic mass is 19.1. The van der Waals surface area contributed by atoms with Crippen molar-refractivity contribution >= 4 is 6.72 Å². The van der Waals surface area contributed by atoms with Crippen molar-refractivity contribution in [3.63, 3.8) is 0 Å². The standard InChI is InChI=1S/C15H21FN/c1-6-7-11-17(5)12-10-14(3)13(2)8-9-15(4)16/h8-10,12H,2-7,11H2,1H3/q+1/b9-8-,12-10-. The van der Waals surface area contributed by atoms with Gasteiger partial charge in [-0.1, -0.05) is 39.2 Å². The lowest BCUT2D eigenvalue weighted by Crippen LogP contribution is -2.02. The summed E-state index contributed by atoms with van der Waals surface area (Å²) in [6.07, 6.45) is 8.71. The molecule has 17 heavy (non-hydrogen) atoms. The molecule has 0 aliphatic rings. The second kappa shape index (κ2) is 8.45. The number of allylic oxidation sites excluding steroid dienone is 6. The van der Waals surface area contributed by atoms with Crippen LogP contribution in [0.5, 0.6) is 0 Å². The topological polar surface area (TPSA) is 3.01 Å². The predicted molar refractivity (Wildman–Crippen MR) is 74.0 cm³/mol. The van der Waals surface area contributed by atoms with Crippen LogP contribution in [0.3, 0.4) is 0 Å². The molecule has 0 fully saturated rings. The lowest BCUT2D eigenvalue weighted by atomic mass is 10.1. The van der Waals surface area contributed by atoms with E-state index in [1.807, 2.05) is 16.9 Å². The first-order valence-corrected chi connectivity index (χ1v) is 5.63. The molecule has 0 aliphatic heterocycles. The molecular weight excluding hydrogens is 213 g/mol. The van der Waals surface area contributed by atoms with Crippen molar-refractivity contribution in [2.45, 2.75) is 19.8 Å². The van der Waals surface area contributed by atoms with E-state index in [0.717, 1.165) is 25.0 Å². The van der Waals surface area contributed by atoms with Gasteiger partial charge in [0.1, 0.15) is 19.1 Å². The molecule has 0 aliphatic carbocycles. The van der Waals surface area contributed by atoms with E-state index in [4.69, 9.17) is 0 Å². The minimum atomic E-state index is -0.496. The van der Waals surface area contributed by atoms with Gasteiger partial charge in [0, 0.05) is 12.5 Å². The van der Waals surface area contributed by atoms with E-state index in [9.17, 15) is 4.39 Å². The van der Waals surface area contributed by atoms with E-state index in [0.29, 0.717) is 5.57 Å². The number of rotatable bonds is 8. The summed E-state index contributed by atoms with van der Waals surface area (Å²) in [6, 6.07) is 0. The van der Waals surface area contributed by atoms with Crippen molar-refractivity contribution in [3.05, 3.63) is 61.1 Å². The third-order valence-electron chi connectivity index (χ3n) is 2.16. The van der Waals surface area contributed by atoms with Gasteiger partial charge in [0.2, 0.25) is 0 Å². The van der Waals surface area contributed by atoms with Crippen LogP contribution in [0.15, 0.2) is 61.1 Å². The molecule has 0 amide bonds. The normalized spacial score (nSPS) is 10.9. The zero-order valence-corrected chi connectivity index (χ0v) is 10.6. The Labute approximate surface area is 104 Å². The predicted octanol–water partition coefficient (Wildman–Crippen LogP) is 4.17. The Kier molecular flexibility index (Phi) is 7.61. The van der Waals surface area contributed by atoms with Crippen LogP contribution in [-0.4, -0.2) is 17.8 Å². The zero-order chi connectivity index (χ0) is 13.3. The van der Waals surface area contributed by atoms with Crippen molar-refractivity contribution < 1.29 is 8.97 Å². The summed E-state index contributed by atoms with van der Waals surface area (Å²) in [5.41, 5.74) is 1.39. The maximum absolute atomic E-state index is 12.4. The van der Waals surface area contributed by atoms with E-state index in [1.165, 1.54) is 6.08 Å². The van der Waals surface area contributed by atoms with Crippen molar-refractivity contribution in [1.29, 1.82) is 0 Å². The third kappa shape index (κ3) is 8.14. The molecule has 0 heterocycles. The molecule has 1 nitrogen and oxygen atoms in total. The second-order valence-electron chi connectivity index (χ2n) is 3.81. The monoisotopic (exact) mass is 234 g/mol. The molecule has 0 saturated heterocycles. The Bertz CT molecular complexity index is 372. The molecule has 0 aromatic heterocycles. The Balaban J connectivity index is 4.25. The average molecular weight is 234 g/mol. The highest BCUT2D eigenvalue weighted by Crippen LogP contribution is 2.10. The number of halogens is 1. The molecular formula is C15H21FN+. The molecule has 92 valence electrons. The SMILES string of the molecule is C=C(F)/C=C\C(=C)C(=C)/C=C\[N+](=C)CCCC. The van der Waals surface area contributed by atoms with Crippen LogP contribution in [0.1, 0.15) is 19.8 Å². The van der Waals surface area contributed by atoms with Gasteiger partial charge in [-0.3, -0.25) is 0 Å². The first-order valence-electron chi connectivity index (χ1n) is 5.63. The van der Waals surface area contributed by atoms with Crippen molar-refractivity contribution in [2.75, 3.05) is 6.54 Å². The molecule has 0 spiro atoms. The van der Waals surface area contributed by atoms with Gasteiger partial charge in [-0.2, -0.15) is 0 Å². The van der Waals surface area contributed by atoms with Crippen LogP contribution in [0.25, 0.3) is 0 Å². The molecule has 0 rings (SSSR count). The quantitative estimate of drug-likeness (QED) is 0.337. The first-order chi connectivity index (χ1) is 7.97.